The largest absolute Gasteiger partial charge is 0.392 e. The quantitative estimate of drug-likeness (QED) is 0.827. The highest BCUT2D eigenvalue weighted by molar-refractivity contribution is 7.91. The SMILES string of the molecule is CN1CCC(CNS(=O)(=O)c2cc(CO)cs2)C1. The molecule has 2 N–H and O–H groups in total. The Bertz CT molecular complexity index is 498. The number of likely N-dealkylation sites (tertiary alicyclic amines) is 1. The average molecular weight is 290 g/mol. The smallest absolute Gasteiger partial charge is 0.250 e. The molecule has 1 aromatic rings. The van der Waals surface area contributed by atoms with Gasteiger partial charge in [-0.2, -0.15) is 0 Å². The van der Waals surface area contributed by atoms with Crippen molar-refractivity contribution in [3.05, 3.63) is 17.0 Å². The Morgan fingerprint density at radius 3 is 2.94 bits per heavy atom. The van der Waals surface area contributed by atoms with E-state index in [1.54, 1.807) is 5.38 Å². The molecule has 102 valence electrons. The number of hydrogen-bond donors (Lipinski definition) is 2. The Morgan fingerprint density at radius 1 is 1.61 bits per heavy atom. The fourth-order valence-electron chi connectivity index (χ4n) is 2.07. The molecule has 18 heavy (non-hydrogen) atoms. The maximum Gasteiger partial charge on any atom is 0.250 e. The maximum absolute atomic E-state index is 12.0. The minimum absolute atomic E-state index is 0.126. The van der Waals surface area contributed by atoms with Crippen molar-refractivity contribution in [1.29, 1.82) is 0 Å². The van der Waals surface area contributed by atoms with Crippen molar-refractivity contribution in [3.8, 4) is 0 Å². The number of hydrogen-bond acceptors (Lipinski definition) is 5. The summed E-state index contributed by atoms with van der Waals surface area (Å²) in [5.41, 5.74) is 0.640. The molecule has 1 aliphatic rings. The predicted octanol–water partition coefficient (Wildman–Crippen LogP) is 0.470. The van der Waals surface area contributed by atoms with E-state index in [9.17, 15) is 8.42 Å². The van der Waals surface area contributed by atoms with Gasteiger partial charge in [0.25, 0.3) is 0 Å². The van der Waals surface area contributed by atoms with E-state index in [2.05, 4.69) is 9.62 Å². The lowest BCUT2D eigenvalue weighted by Crippen LogP contribution is -2.30. The van der Waals surface area contributed by atoms with Gasteiger partial charge in [-0.1, -0.05) is 0 Å². The molecule has 1 aromatic heterocycles. The number of rotatable bonds is 5. The Balaban J connectivity index is 1.95. The van der Waals surface area contributed by atoms with Gasteiger partial charge >= 0.3 is 0 Å². The Hall–Kier alpha value is -0.470. The molecule has 0 spiro atoms. The van der Waals surface area contributed by atoms with Crippen LogP contribution in [-0.2, 0) is 16.6 Å². The van der Waals surface area contributed by atoms with Gasteiger partial charge in [0.1, 0.15) is 4.21 Å². The summed E-state index contributed by atoms with van der Waals surface area (Å²) < 4.78 is 26.9. The molecule has 1 atom stereocenters. The number of sulfonamides is 1. The van der Waals surface area contributed by atoms with Crippen LogP contribution in [0.5, 0.6) is 0 Å². The van der Waals surface area contributed by atoms with Gasteiger partial charge < -0.3 is 10.0 Å². The van der Waals surface area contributed by atoms with E-state index in [0.29, 0.717) is 18.0 Å². The molecule has 2 rings (SSSR count). The van der Waals surface area contributed by atoms with E-state index in [-0.39, 0.29) is 10.8 Å². The standard InChI is InChI=1S/C11H18N2O3S2/c1-13-3-2-9(6-13)5-12-18(15,16)11-4-10(7-14)8-17-11/h4,8-9,12,14H,2-3,5-7H2,1H3. The zero-order chi connectivity index (χ0) is 13.2. The normalized spacial score (nSPS) is 21.6. The third kappa shape index (κ3) is 3.30. The highest BCUT2D eigenvalue weighted by Crippen LogP contribution is 2.21. The van der Waals surface area contributed by atoms with Crippen LogP contribution >= 0.6 is 11.3 Å². The van der Waals surface area contributed by atoms with Gasteiger partial charge in [0.2, 0.25) is 10.0 Å². The van der Waals surface area contributed by atoms with Crippen LogP contribution in [0.3, 0.4) is 0 Å². The first-order valence-corrected chi connectivity index (χ1v) is 8.24. The summed E-state index contributed by atoms with van der Waals surface area (Å²) in [6.07, 6.45) is 1.03. The van der Waals surface area contributed by atoms with E-state index >= 15 is 0 Å². The molecule has 1 saturated heterocycles. The van der Waals surface area contributed by atoms with Crippen LogP contribution in [0.1, 0.15) is 12.0 Å². The highest BCUT2D eigenvalue weighted by atomic mass is 32.2. The Labute approximate surface area is 111 Å². The minimum atomic E-state index is -3.42. The van der Waals surface area contributed by atoms with Crippen molar-refractivity contribution < 1.29 is 13.5 Å². The fourth-order valence-corrected chi connectivity index (χ4v) is 4.43. The van der Waals surface area contributed by atoms with Crippen LogP contribution in [0.15, 0.2) is 15.7 Å². The van der Waals surface area contributed by atoms with Gasteiger partial charge in [0.05, 0.1) is 6.61 Å². The van der Waals surface area contributed by atoms with Crippen LogP contribution in [-0.4, -0.2) is 45.1 Å². The molecule has 7 heteroatoms. The van der Waals surface area contributed by atoms with Crippen molar-refractivity contribution in [3.63, 3.8) is 0 Å². The lowest BCUT2D eigenvalue weighted by Gasteiger charge is -2.11. The molecule has 1 fully saturated rings. The summed E-state index contributed by atoms with van der Waals surface area (Å²) in [6, 6.07) is 1.52. The summed E-state index contributed by atoms with van der Waals surface area (Å²) in [6.45, 7) is 2.33. The lowest BCUT2D eigenvalue weighted by atomic mass is 10.1. The number of aliphatic hydroxyl groups is 1. The van der Waals surface area contributed by atoms with Crippen molar-refractivity contribution in [2.45, 2.75) is 17.2 Å². The second-order valence-corrected chi connectivity index (χ2v) is 7.61. The van der Waals surface area contributed by atoms with Gasteiger partial charge in [0, 0.05) is 13.1 Å². The molecular formula is C11H18N2O3S2. The second-order valence-electron chi connectivity index (χ2n) is 4.70. The van der Waals surface area contributed by atoms with Gasteiger partial charge in [-0.3, -0.25) is 0 Å². The molecule has 5 nitrogen and oxygen atoms in total. The number of nitrogens with one attached hydrogen (secondary N) is 1. The summed E-state index contributed by atoms with van der Waals surface area (Å²) >= 11 is 1.14. The first-order valence-electron chi connectivity index (χ1n) is 5.88. The van der Waals surface area contributed by atoms with Crippen LogP contribution in [0.25, 0.3) is 0 Å². The first kappa shape index (κ1) is 14.0. The predicted molar refractivity (Wildman–Crippen MR) is 71.0 cm³/mol. The van der Waals surface area contributed by atoms with E-state index in [1.165, 1.54) is 6.07 Å². The van der Waals surface area contributed by atoms with Gasteiger partial charge in [0.15, 0.2) is 0 Å². The Kier molecular flexibility index (Phi) is 4.39. The summed E-state index contributed by atoms with van der Waals surface area (Å²) in [7, 11) is -1.37. The summed E-state index contributed by atoms with van der Waals surface area (Å²) in [5.74, 6) is 0.391. The van der Waals surface area contributed by atoms with Crippen LogP contribution < -0.4 is 4.72 Å². The molecule has 0 aromatic carbocycles. The second kappa shape index (κ2) is 5.66. The molecule has 0 bridgehead atoms. The van der Waals surface area contributed by atoms with Crippen molar-refractivity contribution in [1.82, 2.24) is 9.62 Å². The van der Waals surface area contributed by atoms with E-state index in [1.807, 2.05) is 7.05 Å². The minimum Gasteiger partial charge on any atom is -0.392 e. The number of aliphatic hydroxyl groups excluding tert-OH is 1. The third-order valence-corrected chi connectivity index (χ3v) is 6.04. The summed E-state index contributed by atoms with van der Waals surface area (Å²) in [5, 5.41) is 10.6. The van der Waals surface area contributed by atoms with Gasteiger partial charge in [-0.25, -0.2) is 13.1 Å². The van der Waals surface area contributed by atoms with E-state index < -0.39 is 10.0 Å². The maximum atomic E-state index is 12.0. The molecule has 0 radical (unpaired) electrons. The molecule has 2 heterocycles. The monoisotopic (exact) mass is 290 g/mol. The highest BCUT2D eigenvalue weighted by Gasteiger charge is 2.23. The van der Waals surface area contributed by atoms with Crippen molar-refractivity contribution >= 4 is 21.4 Å². The lowest BCUT2D eigenvalue weighted by molar-refractivity contribution is 0.282. The molecule has 1 unspecified atom stereocenters. The van der Waals surface area contributed by atoms with Gasteiger partial charge in [-0.05, 0) is 42.9 Å². The van der Waals surface area contributed by atoms with Crippen LogP contribution in [0.2, 0.25) is 0 Å². The average Bonchev–Trinajstić information content (AvgIpc) is 2.95. The zero-order valence-electron chi connectivity index (χ0n) is 10.3. The molecular weight excluding hydrogens is 272 g/mol. The molecule has 1 aliphatic heterocycles. The molecule has 0 saturated carbocycles. The van der Waals surface area contributed by atoms with Crippen LogP contribution in [0.4, 0.5) is 0 Å². The van der Waals surface area contributed by atoms with Crippen molar-refractivity contribution in [2.75, 3.05) is 26.7 Å². The van der Waals surface area contributed by atoms with E-state index in [4.69, 9.17) is 5.11 Å². The zero-order valence-corrected chi connectivity index (χ0v) is 11.9. The number of thiophene rings is 1. The topological polar surface area (TPSA) is 69.6 Å². The molecule has 0 amide bonds. The van der Waals surface area contributed by atoms with Crippen molar-refractivity contribution in [2.24, 2.45) is 5.92 Å². The first-order chi connectivity index (χ1) is 8.51. The fraction of sp³-hybridized carbons (Fsp3) is 0.636. The third-order valence-electron chi connectivity index (χ3n) is 3.13. The summed E-state index contributed by atoms with van der Waals surface area (Å²) in [4.78, 5) is 2.20. The van der Waals surface area contributed by atoms with Crippen LogP contribution in [0, 0.1) is 5.92 Å². The van der Waals surface area contributed by atoms with Gasteiger partial charge in [-0.15, -0.1) is 11.3 Å². The van der Waals surface area contributed by atoms with E-state index in [0.717, 1.165) is 30.8 Å². The Morgan fingerprint density at radius 2 is 2.39 bits per heavy atom. The number of nitrogens with zero attached hydrogens (tertiary/aromatic N) is 1. The molecule has 0 aliphatic carbocycles.